The molecule has 0 unspecified atom stereocenters. The van der Waals surface area contributed by atoms with Crippen molar-refractivity contribution in [2.75, 3.05) is 13.2 Å². The maximum absolute atomic E-state index is 12.7. The van der Waals surface area contributed by atoms with Crippen molar-refractivity contribution < 1.29 is 23.4 Å². The zero-order chi connectivity index (χ0) is 27.0. The monoisotopic (exact) mass is 512 g/mol. The lowest BCUT2D eigenvalue weighted by atomic mass is 10.1. The Morgan fingerprint density at radius 1 is 0.892 bits per heavy atom. The molecular formula is C31H44O6. The lowest BCUT2D eigenvalue weighted by Gasteiger charge is -2.13. The van der Waals surface area contributed by atoms with Gasteiger partial charge in [0.1, 0.15) is 17.9 Å². The molecule has 2 aromatic rings. The Morgan fingerprint density at radius 2 is 1.59 bits per heavy atom. The summed E-state index contributed by atoms with van der Waals surface area (Å²) in [5.41, 5.74) is 2.18. The SMILES string of the molecule is CCCCCCCCCCOc1c(OC(C)=O)c2ccc(OCC=C(C)CCC=C(C)C)cc2oc1=O. The molecule has 0 aliphatic carbocycles. The molecule has 0 saturated carbocycles. The molecule has 1 aromatic carbocycles. The topological polar surface area (TPSA) is 75.0 Å². The minimum Gasteiger partial charge on any atom is -0.489 e. The van der Waals surface area contributed by atoms with Crippen LogP contribution in [0.15, 0.2) is 50.7 Å². The minimum atomic E-state index is -0.671. The van der Waals surface area contributed by atoms with E-state index in [-0.39, 0.29) is 17.1 Å². The molecule has 0 N–H and O–H groups in total. The van der Waals surface area contributed by atoms with Crippen molar-refractivity contribution in [3.8, 4) is 17.2 Å². The van der Waals surface area contributed by atoms with E-state index in [1.165, 1.54) is 50.2 Å². The fourth-order valence-electron chi connectivity index (χ4n) is 3.98. The lowest BCUT2D eigenvalue weighted by Crippen LogP contribution is -2.13. The van der Waals surface area contributed by atoms with Crippen LogP contribution in [0.2, 0.25) is 0 Å². The van der Waals surface area contributed by atoms with Gasteiger partial charge in [-0.1, -0.05) is 69.1 Å². The number of fused-ring (bicyclic) bond motifs is 1. The summed E-state index contributed by atoms with van der Waals surface area (Å²) in [4.78, 5) is 24.5. The van der Waals surface area contributed by atoms with E-state index in [0.29, 0.717) is 24.3 Å². The molecule has 1 heterocycles. The molecule has 0 atom stereocenters. The fourth-order valence-corrected chi connectivity index (χ4v) is 3.98. The van der Waals surface area contributed by atoms with Crippen molar-refractivity contribution in [1.82, 2.24) is 0 Å². The minimum absolute atomic E-state index is 0.0609. The largest absolute Gasteiger partial charge is 0.489 e. The van der Waals surface area contributed by atoms with Crippen molar-refractivity contribution in [3.63, 3.8) is 0 Å². The molecule has 0 radical (unpaired) electrons. The van der Waals surface area contributed by atoms with E-state index in [2.05, 4.69) is 33.8 Å². The highest BCUT2D eigenvalue weighted by Gasteiger charge is 2.20. The molecule has 0 spiro atoms. The van der Waals surface area contributed by atoms with Gasteiger partial charge in [-0.2, -0.15) is 0 Å². The first-order chi connectivity index (χ1) is 17.8. The molecular weight excluding hydrogens is 468 g/mol. The van der Waals surface area contributed by atoms with Crippen molar-refractivity contribution in [1.29, 1.82) is 0 Å². The van der Waals surface area contributed by atoms with E-state index >= 15 is 0 Å². The molecule has 0 aliphatic rings. The van der Waals surface area contributed by atoms with Crippen molar-refractivity contribution in [3.05, 3.63) is 51.9 Å². The Kier molecular flexibility index (Phi) is 13.6. The van der Waals surface area contributed by atoms with Gasteiger partial charge < -0.3 is 18.6 Å². The molecule has 2 rings (SSSR count). The van der Waals surface area contributed by atoms with Gasteiger partial charge >= 0.3 is 11.6 Å². The number of hydrogen-bond donors (Lipinski definition) is 0. The van der Waals surface area contributed by atoms with Crippen LogP contribution in [0.5, 0.6) is 17.2 Å². The standard InChI is InChI=1S/C31H44O6/c1-6-7-8-9-10-11-12-13-20-35-30-29(36-25(5)32)27-18-17-26(22-28(27)37-31(30)33)34-21-19-24(4)16-14-15-23(2)3/h15,17-19,22H,6-14,16,20-21H2,1-5H3. The summed E-state index contributed by atoms with van der Waals surface area (Å²) >= 11 is 0. The van der Waals surface area contributed by atoms with Crippen LogP contribution in [-0.2, 0) is 4.79 Å². The Bertz CT molecular complexity index is 1100. The zero-order valence-corrected chi connectivity index (χ0v) is 23.3. The molecule has 0 bridgehead atoms. The molecule has 0 saturated heterocycles. The summed E-state index contributed by atoms with van der Waals surface area (Å²) in [5, 5.41) is 0.488. The highest BCUT2D eigenvalue weighted by atomic mass is 16.6. The number of carbonyl (C=O) groups excluding carboxylic acids is 1. The van der Waals surface area contributed by atoms with Gasteiger partial charge in [0.2, 0.25) is 5.75 Å². The summed E-state index contributed by atoms with van der Waals surface area (Å²) in [6, 6.07) is 5.13. The summed E-state index contributed by atoms with van der Waals surface area (Å²) < 4.78 is 22.5. The molecule has 0 fully saturated rings. The highest BCUT2D eigenvalue weighted by Crippen LogP contribution is 2.35. The van der Waals surface area contributed by atoms with Crippen molar-refractivity contribution >= 4 is 16.9 Å². The molecule has 204 valence electrons. The number of hydrogen-bond acceptors (Lipinski definition) is 6. The van der Waals surface area contributed by atoms with Crippen molar-refractivity contribution in [2.45, 2.75) is 98.8 Å². The second-order valence-electron chi connectivity index (χ2n) is 9.80. The number of carbonyl (C=O) groups is 1. The molecule has 1 aromatic heterocycles. The van der Waals surface area contributed by atoms with E-state index in [1.54, 1.807) is 18.2 Å². The molecule has 6 nitrogen and oxygen atoms in total. The maximum Gasteiger partial charge on any atom is 0.383 e. The molecule has 0 aliphatic heterocycles. The van der Waals surface area contributed by atoms with Crippen LogP contribution in [0.1, 0.15) is 98.8 Å². The van der Waals surface area contributed by atoms with Crippen LogP contribution in [0.3, 0.4) is 0 Å². The number of ether oxygens (including phenoxy) is 3. The Morgan fingerprint density at radius 3 is 2.27 bits per heavy atom. The summed E-state index contributed by atoms with van der Waals surface area (Å²) in [7, 11) is 0. The normalized spacial score (nSPS) is 11.4. The molecule has 0 amide bonds. The Hall–Kier alpha value is -3.02. The second kappa shape index (κ2) is 16.7. The van der Waals surface area contributed by atoms with E-state index in [1.807, 2.05) is 6.08 Å². The average Bonchev–Trinajstić information content (AvgIpc) is 2.83. The van der Waals surface area contributed by atoms with Crippen LogP contribution >= 0.6 is 0 Å². The van der Waals surface area contributed by atoms with Gasteiger partial charge in [0.05, 0.1) is 12.0 Å². The molecule has 6 heteroatoms. The van der Waals surface area contributed by atoms with Crippen molar-refractivity contribution in [2.24, 2.45) is 0 Å². The number of esters is 1. The van der Waals surface area contributed by atoms with Gasteiger partial charge in [-0.25, -0.2) is 4.79 Å². The van der Waals surface area contributed by atoms with Gasteiger partial charge in [-0.05, 0) is 58.2 Å². The van der Waals surface area contributed by atoms with Crippen LogP contribution in [0, 0.1) is 0 Å². The first kappa shape index (κ1) is 30.2. The zero-order valence-electron chi connectivity index (χ0n) is 23.3. The smallest absolute Gasteiger partial charge is 0.383 e. The van der Waals surface area contributed by atoms with Crippen LogP contribution in [-0.4, -0.2) is 19.2 Å². The summed E-state index contributed by atoms with van der Waals surface area (Å²) in [5.74, 6) is 0.0670. The third kappa shape index (κ3) is 11.3. The third-order valence-electron chi connectivity index (χ3n) is 6.06. The fraction of sp³-hybridized carbons (Fsp3) is 0.548. The third-order valence-corrected chi connectivity index (χ3v) is 6.06. The van der Waals surface area contributed by atoms with E-state index in [9.17, 15) is 9.59 Å². The highest BCUT2D eigenvalue weighted by molar-refractivity contribution is 5.89. The quantitative estimate of drug-likeness (QED) is 0.0918. The average molecular weight is 513 g/mol. The maximum atomic E-state index is 12.7. The van der Waals surface area contributed by atoms with Crippen LogP contribution in [0.25, 0.3) is 11.0 Å². The first-order valence-corrected chi connectivity index (χ1v) is 13.7. The predicted octanol–water partition coefficient (Wildman–Crippen LogP) is 8.31. The van der Waals surface area contributed by atoms with E-state index < -0.39 is 11.6 Å². The Labute approximate surface area is 221 Å². The molecule has 37 heavy (non-hydrogen) atoms. The number of allylic oxidation sites excluding steroid dienone is 3. The number of benzene rings is 1. The van der Waals surface area contributed by atoms with E-state index in [4.69, 9.17) is 18.6 Å². The van der Waals surface area contributed by atoms with Gasteiger partial charge in [0.15, 0.2) is 5.75 Å². The van der Waals surface area contributed by atoms with E-state index in [0.717, 1.165) is 32.1 Å². The second-order valence-corrected chi connectivity index (χ2v) is 9.80. The van der Waals surface area contributed by atoms with Gasteiger partial charge in [0, 0.05) is 13.0 Å². The van der Waals surface area contributed by atoms with Gasteiger partial charge in [-0.15, -0.1) is 0 Å². The number of unbranched alkanes of at least 4 members (excludes halogenated alkanes) is 7. The van der Waals surface area contributed by atoms with Gasteiger partial charge in [-0.3, -0.25) is 4.79 Å². The lowest BCUT2D eigenvalue weighted by molar-refractivity contribution is -0.131. The summed E-state index contributed by atoms with van der Waals surface area (Å²) in [6.45, 7) is 10.6. The summed E-state index contributed by atoms with van der Waals surface area (Å²) in [6.07, 6.45) is 15.5. The predicted molar refractivity (Wildman–Crippen MR) is 150 cm³/mol. The van der Waals surface area contributed by atoms with Gasteiger partial charge in [0.25, 0.3) is 0 Å². The number of rotatable bonds is 17. The van der Waals surface area contributed by atoms with Crippen LogP contribution < -0.4 is 19.8 Å². The van der Waals surface area contributed by atoms with Crippen LogP contribution in [0.4, 0.5) is 0 Å². The first-order valence-electron chi connectivity index (χ1n) is 13.7. The Balaban J connectivity index is 2.03.